The smallest absolute Gasteiger partial charge is 0.305 e. The molecule has 1 amide bonds. The van der Waals surface area contributed by atoms with Gasteiger partial charge in [-0.25, -0.2) is 0 Å². The van der Waals surface area contributed by atoms with Crippen LogP contribution in [-0.4, -0.2) is 47.4 Å². The van der Waals surface area contributed by atoms with Crippen LogP contribution in [-0.2, 0) is 14.3 Å². The molecule has 3 N–H and O–H groups in total. The number of aliphatic hydroxyl groups excluding tert-OH is 2. The first-order valence-electron chi connectivity index (χ1n) is 37.3. The molecule has 6 heteroatoms. The fraction of sp³-hybridized carbons (Fsp3) is 0.895. The number of ether oxygens (including phenoxy) is 1. The molecule has 0 aliphatic carbocycles. The molecule has 0 heterocycles. The molecule has 82 heavy (non-hydrogen) atoms. The summed E-state index contributed by atoms with van der Waals surface area (Å²) in [5, 5.41) is 23.3. The lowest BCUT2D eigenvalue weighted by molar-refractivity contribution is -0.143. The highest BCUT2D eigenvalue weighted by Crippen LogP contribution is 2.19. The Kier molecular flexibility index (Phi) is 69.9. The first kappa shape index (κ1) is 80.1. The molecular formula is C76H145NO5. The van der Waals surface area contributed by atoms with Gasteiger partial charge in [-0.15, -0.1) is 0 Å². The van der Waals surface area contributed by atoms with Crippen molar-refractivity contribution in [3.8, 4) is 0 Å². The molecule has 0 radical (unpaired) electrons. The van der Waals surface area contributed by atoms with Gasteiger partial charge < -0.3 is 20.3 Å². The standard InChI is InChI=1S/C76H145NO5/c1-3-5-7-9-11-13-15-17-19-20-21-22-29-32-35-38-41-44-48-52-56-60-64-68-74(79)73(72-78)77-75(80)69-65-61-57-53-49-45-42-39-36-33-30-27-25-23-24-26-28-31-34-37-40-43-47-51-55-59-63-67-71-82-76(81)70-66-62-58-54-50-46-18-16-14-12-10-8-6-4-2/h10,12,16,18,64,68,73-74,78-79H,3-9,11,13-15,17,19-63,65-67,69-72H2,1-2H3,(H,77,80)/b12-10-,18-16-,68-64+. The van der Waals surface area contributed by atoms with Gasteiger partial charge in [0.1, 0.15) is 0 Å². The average Bonchev–Trinajstić information content (AvgIpc) is 3.48. The second-order valence-electron chi connectivity index (χ2n) is 25.6. The Balaban J connectivity index is 3.38. The van der Waals surface area contributed by atoms with Crippen LogP contribution < -0.4 is 5.32 Å². The monoisotopic (exact) mass is 1150 g/mol. The van der Waals surface area contributed by atoms with Crippen LogP contribution >= 0.6 is 0 Å². The molecule has 0 bridgehead atoms. The zero-order chi connectivity index (χ0) is 59.2. The molecule has 484 valence electrons. The van der Waals surface area contributed by atoms with Crippen molar-refractivity contribution < 1.29 is 24.5 Å². The number of allylic oxidation sites excluding steroid dienone is 5. The van der Waals surface area contributed by atoms with Crippen molar-refractivity contribution in [2.45, 2.75) is 424 Å². The number of hydrogen-bond acceptors (Lipinski definition) is 5. The maximum Gasteiger partial charge on any atom is 0.305 e. The van der Waals surface area contributed by atoms with Gasteiger partial charge in [-0.2, -0.15) is 0 Å². The maximum atomic E-state index is 12.5. The highest BCUT2D eigenvalue weighted by atomic mass is 16.5. The van der Waals surface area contributed by atoms with E-state index in [1.807, 2.05) is 6.08 Å². The van der Waals surface area contributed by atoms with Gasteiger partial charge in [-0.05, 0) is 57.8 Å². The molecule has 2 unspecified atom stereocenters. The minimum atomic E-state index is -0.844. The summed E-state index contributed by atoms with van der Waals surface area (Å²) in [6.45, 7) is 4.90. The molecule has 0 aromatic heterocycles. The second-order valence-corrected chi connectivity index (χ2v) is 25.6. The fourth-order valence-electron chi connectivity index (χ4n) is 11.7. The molecule has 6 nitrogen and oxygen atoms in total. The fourth-order valence-corrected chi connectivity index (χ4v) is 11.7. The van der Waals surface area contributed by atoms with Gasteiger partial charge in [0.15, 0.2) is 0 Å². The van der Waals surface area contributed by atoms with E-state index < -0.39 is 12.1 Å². The topological polar surface area (TPSA) is 95.9 Å². The Morgan fingerprint density at radius 2 is 0.622 bits per heavy atom. The van der Waals surface area contributed by atoms with Crippen LogP contribution in [0.1, 0.15) is 412 Å². The number of nitrogens with one attached hydrogen (secondary N) is 1. The van der Waals surface area contributed by atoms with Gasteiger partial charge in [0, 0.05) is 12.8 Å². The average molecular weight is 1150 g/mol. The zero-order valence-corrected chi connectivity index (χ0v) is 55.5. The molecular weight excluding hydrogens is 1010 g/mol. The van der Waals surface area contributed by atoms with Crippen LogP contribution in [0.25, 0.3) is 0 Å². The predicted molar refractivity (Wildman–Crippen MR) is 361 cm³/mol. The number of rotatable bonds is 70. The summed E-state index contributed by atoms with van der Waals surface area (Å²) in [5.74, 6) is -0.0562. The summed E-state index contributed by atoms with van der Waals surface area (Å²) in [6, 6.07) is -0.627. The molecule has 0 aromatic carbocycles. The van der Waals surface area contributed by atoms with Crippen molar-refractivity contribution in [2.24, 2.45) is 0 Å². The van der Waals surface area contributed by atoms with E-state index in [1.54, 1.807) is 6.08 Å². The van der Waals surface area contributed by atoms with Crippen LogP contribution in [0.3, 0.4) is 0 Å². The molecule has 0 aromatic rings. The molecule has 0 saturated heterocycles. The zero-order valence-electron chi connectivity index (χ0n) is 55.5. The molecule has 0 aliphatic heterocycles. The Hall–Kier alpha value is -1.92. The highest BCUT2D eigenvalue weighted by Gasteiger charge is 2.18. The normalized spacial score (nSPS) is 12.7. The van der Waals surface area contributed by atoms with E-state index in [1.165, 1.54) is 334 Å². The van der Waals surface area contributed by atoms with Gasteiger partial charge in [0.25, 0.3) is 0 Å². The number of carbonyl (C=O) groups is 2. The third-order valence-electron chi connectivity index (χ3n) is 17.4. The van der Waals surface area contributed by atoms with E-state index in [0.717, 1.165) is 51.4 Å². The largest absolute Gasteiger partial charge is 0.466 e. The van der Waals surface area contributed by atoms with Gasteiger partial charge in [0.2, 0.25) is 5.91 Å². The van der Waals surface area contributed by atoms with E-state index in [-0.39, 0.29) is 18.5 Å². The third-order valence-corrected chi connectivity index (χ3v) is 17.4. The second kappa shape index (κ2) is 71.6. The third kappa shape index (κ3) is 67.2. The Morgan fingerprint density at radius 3 is 0.963 bits per heavy atom. The van der Waals surface area contributed by atoms with E-state index in [4.69, 9.17) is 4.74 Å². The van der Waals surface area contributed by atoms with Crippen molar-refractivity contribution in [2.75, 3.05) is 13.2 Å². The lowest BCUT2D eigenvalue weighted by Crippen LogP contribution is -2.45. The van der Waals surface area contributed by atoms with Crippen molar-refractivity contribution in [1.29, 1.82) is 0 Å². The maximum absolute atomic E-state index is 12.5. The Labute approximate surface area is 513 Å². The molecule has 0 spiro atoms. The molecule has 0 aliphatic rings. The lowest BCUT2D eigenvalue weighted by atomic mass is 10.0. The summed E-state index contributed by atoms with van der Waals surface area (Å²) in [6.07, 6.45) is 92.4. The lowest BCUT2D eigenvalue weighted by Gasteiger charge is -2.20. The summed E-state index contributed by atoms with van der Waals surface area (Å²) < 4.78 is 5.48. The van der Waals surface area contributed by atoms with Crippen molar-refractivity contribution in [3.05, 3.63) is 36.5 Å². The first-order valence-corrected chi connectivity index (χ1v) is 37.3. The first-order chi connectivity index (χ1) is 40.5. The molecule has 0 fully saturated rings. The van der Waals surface area contributed by atoms with Gasteiger partial charge in [0.05, 0.1) is 25.4 Å². The van der Waals surface area contributed by atoms with Crippen LogP contribution in [0.5, 0.6) is 0 Å². The highest BCUT2D eigenvalue weighted by molar-refractivity contribution is 5.76. The SMILES string of the molecule is CCCC/C=C\C/C=C\CCCCCCCC(=O)OCCCCCCCCCCCCCCCCCCCCCCCCCCCCCCC(=O)NC(CO)C(O)/C=C/CCCCCCCCCCCCCCCCCCCCCCC. The summed E-state index contributed by atoms with van der Waals surface area (Å²) >= 11 is 0. The van der Waals surface area contributed by atoms with E-state index in [9.17, 15) is 19.8 Å². The summed E-state index contributed by atoms with van der Waals surface area (Å²) in [4.78, 5) is 24.6. The van der Waals surface area contributed by atoms with E-state index in [0.29, 0.717) is 19.4 Å². The Morgan fingerprint density at radius 1 is 0.341 bits per heavy atom. The molecule has 0 saturated carbocycles. The van der Waals surface area contributed by atoms with E-state index in [2.05, 4.69) is 43.5 Å². The Bertz CT molecular complexity index is 1330. The minimum Gasteiger partial charge on any atom is -0.466 e. The van der Waals surface area contributed by atoms with Crippen molar-refractivity contribution >= 4 is 11.9 Å². The van der Waals surface area contributed by atoms with Crippen LogP contribution in [0.4, 0.5) is 0 Å². The van der Waals surface area contributed by atoms with Crippen molar-refractivity contribution in [1.82, 2.24) is 5.32 Å². The van der Waals surface area contributed by atoms with Gasteiger partial charge in [-0.1, -0.05) is 378 Å². The number of carbonyl (C=O) groups excluding carboxylic acids is 2. The number of unbranched alkanes of at least 4 members (excludes halogenated alkanes) is 55. The van der Waals surface area contributed by atoms with Crippen molar-refractivity contribution in [3.63, 3.8) is 0 Å². The predicted octanol–water partition coefficient (Wildman–Crippen LogP) is 24.3. The number of amides is 1. The summed E-state index contributed by atoms with van der Waals surface area (Å²) in [7, 11) is 0. The number of hydrogen-bond donors (Lipinski definition) is 3. The number of esters is 1. The van der Waals surface area contributed by atoms with Gasteiger partial charge >= 0.3 is 5.97 Å². The van der Waals surface area contributed by atoms with Crippen LogP contribution in [0.2, 0.25) is 0 Å². The molecule has 2 atom stereocenters. The molecule has 0 rings (SSSR count). The summed E-state index contributed by atoms with van der Waals surface area (Å²) in [5.41, 5.74) is 0. The van der Waals surface area contributed by atoms with Crippen LogP contribution in [0.15, 0.2) is 36.5 Å². The quantitative estimate of drug-likeness (QED) is 0.0320. The number of aliphatic hydroxyl groups is 2. The van der Waals surface area contributed by atoms with E-state index >= 15 is 0 Å². The minimum absolute atomic E-state index is 0.00433. The van der Waals surface area contributed by atoms with Crippen LogP contribution in [0, 0.1) is 0 Å². The van der Waals surface area contributed by atoms with Gasteiger partial charge in [-0.3, -0.25) is 9.59 Å².